The van der Waals surface area contributed by atoms with Crippen molar-refractivity contribution in [2.45, 2.75) is 13.3 Å². The lowest BCUT2D eigenvalue weighted by Crippen LogP contribution is -2.20. The summed E-state index contributed by atoms with van der Waals surface area (Å²) >= 11 is 0. The quantitative estimate of drug-likeness (QED) is 0.450. The van der Waals surface area contributed by atoms with Crippen molar-refractivity contribution >= 4 is 23.2 Å². The van der Waals surface area contributed by atoms with Crippen molar-refractivity contribution in [3.63, 3.8) is 0 Å². The Morgan fingerprint density at radius 3 is 2.61 bits per heavy atom. The molecule has 0 unspecified atom stereocenters. The number of nitrogens with one attached hydrogen (secondary N) is 1. The first-order valence-corrected chi connectivity index (χ1v) is 10.9. The Hall–Kier alpha value is -4.19. The van der Waals surface area contributed by atoms with Gasteiger partial charge >= 0.3 is 0 Å². The van der Waals surface area contributed by atoms with Crippen LogP contribution in [0.2, 0.25) is 0 Å². The van der Waals surface area contributed by atoms with Gasteiger partial charge in [0.25, 0.3) is 5.91 Å². The number of fused-ring (bicyclic) bond motifs is 2. The third-order valence-corrected chi connectivity index (χ3v) is 5.78. The van der Waals surface area contributed by atoms with Crippen LogP contribution < -0.4 is 15.0 Å². The predicted octanol–water partition coefficient (Wildman–Crippen LogP) is 5.47. The molecule has 1 aliphatic rings. The molecular formula is C27H24N4O2. The Labute approximate surface area is 192 Å². The fourth-order valence-corrected chi connectivity index (χ4v) is 4.17. The summed E-state index contributed by atoms with van der Waals surface area (Å²) in [6.07, 6.45) is 2.36. The smallest absolute Gasteiger partial charge is 0.259 e. The summed E-state index contributed by atoms with van der Waals surface area (Å²) in [5, 5.41) is 3.13. The number of carbonyl (C=O) groups excluding carboxylic acids is 1. The van der Waals surface area contributed by atoms with E-state index in [-0.39, 0.29) is 5.91 Å². The lowest BCUT2D eigenvalue weighted by atomic mass is 10.0. The summed E-state index contributed by atoms with van der Waals surface area (Å²) in [7, 11) is 1.65. The van der Waals surface area contributed by atoms with Crippen molar-refractivity contribution < 1.29 is 9.53 Å². The van der Waals surface area contributed by atoms with E-state index in [1.807, 2.05) is 54.3 Å². The van der Waals surface area contributed by atoms with Gasteiger partial charge in [-0.15, -0.1) is 0 Å². The van der Waals surface area contributed by atoms with Gasteiger partial charge in [0.05, 0.1) is 24.1 Å². The number of pyridine rings is 2. The first-order chi connectivity index (χ1) is 16.2. The first-order valence-electron chi connectivity index (χ1n) is 10.9. The highest BCUT2D eigenvalue weighted by molar-refractivity contribution is 6.12. The van der Waals surface area contributed by atoms with Crippen LogP contribution in [0, 0.1) is 0 Å². The van der Waals surface area contributed by atoms with Crippen molar-refractivity contribution in [3.05, 3.63) is 95.7 Å². The van der Waals surface area contributed by atoms with Crippen LogP contribution >= 0.6 is 0 Å². The molecule has 164 valence electrons. The van der Waals surface area contributed by atoms with E-state index in [1.54, 1.807) is 25.4 Å². The minimum atomic E-state index is -0.180. The first kappa shape index (κ1) is 20.7. The number of methoxy groups -OCH3 is 1. The van der Waals surface area contributed by atoms with Gasteiger partial charge in [0.2, 0.25) is 0 Å². The van der Waals surface area contributed by atoms with Crippen LogP contribution in [0.5, 0.6) is 5.75 Å². The van der Waals surface area contributed by atoms with E-state index in [1.165, 1.54) is 0 Å². The number of hydrogen-bond acceptors (Lipinski definition) is 5. The molecule has 0 spiro atoms. The Morgan fingerprint density at radius 1 is 0.970 bits per heavy atom. The molecule has 5 rings (SSSR count). The number of rotatable bonds is 5. The summed E-state index contributed by atoms with van der Waals surface area (Å²) in [5.41, 5.74) is 5.15. The average Bonchev–Trinajstić information content (AvgIpc) is 2.98. The van der Waals surface area contributed by atoms with Crippen LogP contribution in [-0.4, -0.2) is 29.5 Å². The minimum absolute atomic E-state index is 0.180. The van der Waals surface area contributed by atoms with Gasteiger partial charge in [0.15, 0.2) is 5.82 Å². The van der Waals surface area contributed by atoms with E-state index in [0.717, 1.165) is 33.8 Å². The number of carbonyl (C=O) groups is 1. The van der Waals surface area contributed by atoms with Gasteiger partial charge in [0, 0.05) is 18.3 Å². The Balaban J connectivity index is 1.74. The Kier molecular flexibility index (Phi) is 5.48. The molecule has 0 aliphatic carbocycles. The lowest BCUT2D eigenvalue weighted by molar-refractivity contribution is 0.102. The van der Waals surface area contributed by atoms with Crippen LogP contribution in [0.4, 0.5) is 17.3 Å². The fraction of sp³-hybridized carbons (Fsp3) is 0.148. The number of hydrogen-bond donors (Lipinski definition) is 1. The van der Waals surface area contributed by atoms with Crippen LogP contribution in [-0.2, 0) is 6.42 Å². The summed E-state index contributed by atoms with van der Waals surface area (Å²) in [4.78, 5) is 24.7. The summed E-state index contributed by atoms with van der Waals surface area (Å²) < 4.78 is 5.43. The molecule has 1 amide bonds. The highest BCUT2D eigenvalue weighted by atomic mass is 16.5. The molecule has 0 saturated heterocycles. The van der Waals surface area contributed by atoms with Gasteiger partial charge in [-0.1, -0.05) is 42.5 Å². The molecule has 2 aromatic carbocycles. The van der Waals surface area contributed by atoms with Crippen LogP contribution in [0.1, 0.15) is 28.4 Å². The van der Waals surface area contributed by atoms with E-state index < -0.39 is 0 Å². The largest absolute Gasteiger partial charge is 0.497 e. The zero-order chi connectivity index (χ0) is 22.8. The molecule has 6 nitrogen and oxygen atoms in total. The van der Waals surface area contributed by atoms with Gasteiger partial charge in [-0.2, -0.15) is 0 Å². The van der Waals surface area contributed by atoms with E-state index in [4.69, 9.17) is 9.72 Å². The van der Waals surface area contributed by atoms with E-state index >= 15 is 0 Å². The molecular weight excluding hydrogens is 412 g/mol. The molecule has 0 bridgehead atoms. The maximum Gasteiger partial charge on any atom is 0.259 e. The summed E-state index contributed by atoms with van der Waals surface area (Å²) in [5.74, 6) is 1.88. The van der Waals surface area contributed by atoms with Crippen molar-refractivity contribution in [1.29, 1.82) is 0 Å². The predicted molar refractivity (Wildman–Crippen MR) is 130 cm³/mol. The minimum Gasteiger partial charge on any atom is -0.497 e. The zero-order valence-corrected chi connectivity index (χ0v) is 18.6. The SMILES string of the molecule is CCN1c2ncccc2C(=O)Nc2c(Cc3ccccc3)cc(-c3cccc(OC)c3)nc21. The van der Waals surface area contributed by atoms with Crippen molar-refractivity contribution in [2.75, 3.05) is 23.9 Å². The molecule has 0 radical (unpaired) electrons. The molecule has 33 heavy (non-hydrogen) atoms. The average molecular weight is 437 g/mol. The molecule has 6 heteroatoms. The molecule has 0 fully saturated rings. The number of nitrogens with zero attached hydrogens (tertiary/aromatic N) is 3. The second kappa shape index (κ2) is 8.74. The zero-order valence-electron chi connectivity index (χ0n) is 18.6. The van der Waals surface area contributed by atoms with Gasteiger partial charge in [-0.05, 0) is 54.8 Å². The molecule has 2 aromatic heterocycles. The maximum atomic E-state index is 13.2. The third kappa shape index (κ3) is 3.91. The highest BCUT2D eigenvalue weighted by Gasteiger charge is 2.29. The molecule has 4 aromatic rings. The maximum absolute atomic E-state index is 13.2. The molecule has 3 heterocycles. The van der Waals surface area contributed by atoms with E-state index in [9.17, 15) is 4.79 Å². The number of anilines is 3. The Morgan fingerprint density at radius 2 is 1.82 bits per heavy atom. The van der Waals surface area contributed by atoms with Gasteiger partial charge in [0.1, 0.15) is 11.6 Å². The normalized spacial score (nSPS) is 12.4. The van der Waals surface area contributed by atoms with Gasteiger partial charge in [-0.25, -0.2) is 9.97 Å². The van der Waals surface area contributed by atoms with E-state index in [2.05, 4.69) is 28.5 Å². The topological polar surface area (TPSA) is 67.4 Å². The van der Waals surface area contributed by atoms with Crippen LogP contribution in [0.25, 0.3) is 11.3 Å². The van der Waals surface area contributed by atoms with Gasteiger partial charge < -0.3 is 15.0 Å². The number of amides is 1. The van der Waals surface area contributed by atoms with Crippen LogP contribution in [0.15, 0.2) is 79.0 Å². The van der Waals surface area contributed by atoms with Gasteiger partial charge in [-0.3, -0.25) is 4.79 Å². The lowest BCUT2D eigenvalue weighted by Gasteiger charge is -2.24. The standard InChI is InChI=1S/C27H24N4O2/c1-3-31-25-22(13-8-14-28-25)27(32)30-24-20(15-18-9-5-4-6-10-18)17-23(29-26(24)31)19-11-7-12-21(16-19)33-2/h4-14,16-17H,3,15H2,1-2H3,(H,30,32). The number of aromatic nitrogens is 2. The molecule has 0 atom stereocenters. The van der Waals surface area contributed by atoms with Crippen molar-refractivity contribution in [3.8, 4) is 17.0 Å². The Bertz CT molecular complexity index is 1320. The number of ether oxygens (including phenoxy) is 1. The second-order valence-corrected chi connectivity index (χ2v) is 7.83. The third-order valence-electron chi connectivity index (χ3n) is 5.78. The summed E-state index contributed by atoms with van der Waals surface area (Å²) in [6, 6.07) is 23.7. The fourth-order valence-electron chi connectivity index (χ4n) is 4.17. The summed E-state index contributed by atoms with van der Waals surface area (Å²) in [6.45, 7) is 2.65. The monoisotopic (exact) mass is 436 g/mol. The highest BCUT2D eigenvalue weighted by Crippen LogP contribution is 2.40. The molecule has 1 aliphatic heterocycles. The second-order valence-electron chi connectivity index (χ2n) is 7.83. The van der Waals surface area contributed by atoms with Crippen molar-refractivity contribution in [1.82, 2.24) is 9.97 Å². The molecule has 0 saturated carbocycles. The number of benzene rings is 2. The van der Waals surface area contributed by atoms with E-state index in [0.29, 0.717) is 30.2 Å². The van der Waals surface area contributed by atoms with Crippen molar-refractivity contribution in [2.24, 2.45) is 0 Å². The molecule has 1 N–H and O–H groups in total. The van der Waals surface area contributed by atoms with Crippen LogP contribution in [0.3, 0.4) is 0 Å².